The van der Waals surface area contributed by atoms with Crippen molar-refractivity contribution in [3.05, 3.63) is 121 Å². The highest BCUT2D eigenvalue weighted by molar-refractivity contribution is 9.10. The van der Waals surface area contributed by atoms with Gasteiger partial charge in [-0.3, -0.25) is 14.4 Å². The van der Waals surface area contributed by atoms with E-state index in [2.05, 4.69) is 50.4 Å². The molecule has 45 heavy (non-hydrogen) atoms. The van der Waals surface area contributed by atoms with E-state index >= 15 is 0 Å². The molecule has 0 saturated carbocycles. The van der Waals surface area contributed by atoms with E-state index in [1.165, 1.54) is 22.9 Å². The fourth-order valence-electron chi connectivity index (χ4n) is 6.18. The summed E-state index contributed by atoms with van der Waals surface area (Å²) in [5.41, 5.74) is 4.74. The molecule has 0 unspecified atom stereocenters. The molecule has 2 amide bonds. The number of nitrogens with zero attached hydrogens (tertiary/aromatic N) is 2. The molecule has 1 aromatic heterocycles. The molecule has 2 aliphatic heterocycles. The number of fused-ring (bicyclic) bond motifs is 1. The van der Waals surface area contributed by atoms with Gasteiger partial charge >= 0.3 is 0 Å². The first-order valence-corrected chi connectivity index (χ1v) is 16.6. The van der Waals surface area contributed by atoms with Gasteiger partial charge in [-0.25, -0.2) is 0 Å². The molecule has 2 aliphatic rings. The van der Waals surface area contributed by atoms with Crippen LogP contribution in [0.3, 0.4) is 0 Å². The van der Waals surface area contributed by atoms with E-state index in [0.29, 0.717) is 35.4 Å². The van der Waals surface area contributed by atoms with E-state index in [0.717, 1.165) is 55.4 Å². The van der Waals surface area contributed by atoms with Crippen LogP contribution in [-0.4, -0.2) is 42.4 Å². The molecule has 3 heterocycles. The molecular weight excluding hydrogens is 654 g/mol. The van der Waals surface area contributed by atoms with Gasteiger partial charge in [0.25, 0.3) is 5.91 Å². The van der Waals surface area contributed by atoms with Gasteiger partial charge in [-0.15, -0.1) is 0 Å². The Labute approximate surface area is 276 Å². The van der Waals surface area contributed by atoms with Crippen LogP contribution >= 0.6 is 27.5 Å². The number of anilines is 1. The maximum Gasteiger partial charge on any atom is 0.287 e. The smallest absolute Gasteiger partial charge is 0.287 e. The monoisotopic (exact) mass is 687 g/mol. The lowest BCUT2D eigenvalue weighted by Crippen LogP contribution is -2.37. The second-order valence-corrected chi connectivity index (χ2v) is 13.1. The summed E-state index contributed by atoms with van der Waals surface area (Å²) < 4.78 is 6.61. The first-order chi connectivity index (χ1) is 21.8. The minimum atomic E-state index is -0.439. The van der Waals surface area contributed by atoms with E-state index in [4.69, 9.17) is 16.0 Å². The van der Waals surface area contributed by atoms with Crippen molar-refractivity contribution in [3.8, 4) is 0 Å². The van der Waals surface area contributed by atoms with Crippen LogP contribution in [0.2, 0.25) is 5.02 Å². The van der Waals surface area contributed by atoms with Crippen LogP contribution in [0.4, 0.5) is 5.69 Å². The zero-order valence-electron chi connectivity index (χ0n) is 24.9. The molecule has 7 nitrogen and oxygen atoms in total. The van der Waals surface area contributed by atoms with Crippen molar-refractivity contribution in [1.29, 1.82) is 0 Å². The normalized spacial score (nSPS) is 16.1. The van der Waals surface area contributed by atoms with Gasteiger partial charge in [0.1, 0.15) is 5.58 Å². The molecule has 0 aliphatic carbocycles. The second kappa shape index (κ2) is 14.0. The van der Waals surface area contributed by atoms with Crippen LogP contribution in [0.5, 0.6) is 0 Å². The van der Waals surface area contributed by atoms with Gasteiger partial charge in [0.05, 0.1) is 11.4 Å². The molecule has 0 bridgehead atoms. The number of rotatable bonds is 8. The van der Waals surface area contributed by atoms with Gasteiger partial charge in [-0.2, -0.15) is 0 Å². The number of nitrogens with one attached hydrogen (secondary N) is 1. The topological polar surface area (TPSA) is 82.9 Å². The zero-order valence-corrected chi connectivity index (χ0v) is 27.3. The summed E-state index contributed by atoms with van der Waals surface area (Å²) in [6, 6.07) is 22.1. The number of amides is 2. The molecule has 2 saturated heterocycles. The van der Waals surface area contributed by atoms with Gasteiger partial charge in [0, 0.05) is 53.8 Å². The Balaban J connectivity index is 1.18. The Morgan fingerprint density at radius 3 is 2.51 bits per heavy atom. The zero-order chi connectivity index (χ0) is 31.3. The molecule has 2 fully saturated rings. The number of likely N-dealkylation sites (tertiary alicyclic amines) is 1. The number of carbonyl (C=O) groups excluding carboxylic acids is 2. The van der Waals surface area contributed by atoms with E-state index in [-0.39, 0.29) is 23.1 Å². The van der Waals surface area contributed by atoms with Crippen LogP contribution in [0.25, 0.3) is 11.0 Å². The fraction of sp³-hybridized carbons (Fsp3) is 0.306. The maximum atomic E-state index is 13.4. The number of benzene rings is 3. The van der Waals surface area contributed by atoms with Crippen molar-refractivity contribution in [1.82, 2.24) is 10.2 Å². The average molecular weight is 689 g/mol. The Hall–Kier alpha value is -3.88. The highest BCUT2D eigenvalue weighted by Gasteiger charge is 2.23. The molecule has 9 heteroatoms. The standard InChI is InChI=1S/C36H35BrClN3O4/c37-27-10-13-33-30(21-27)32(42)22-34(45-33)36(44)39-29(19-24-8-11-28(38)12-9-24)20-25-14-17-40(18-15-25)31-6-2-1-5-26(31)23-41-16-4-3-7-35(41)43/h1-2,5-6,8-13,20-22,29H,3-4,7,14-19,23H2,(H,39,44)/t29-/m1/s1. The average Bonchev–Trinajstić information content (AvgIpc) is 3.04. The van der Waals surface area contributed by atoms with Gasteiger partial charge < -0.3 is 19.5 Å². The Morgan fingerprint density at radius 1 is 0.956 bits per heavy atom. The first kappa shape index (κ1) is 31.1. The second-order valence-electron chi connectivity index (χ2n) is 11.7. The lowest BCUT2D eigenvalue weighted by atomic mass is 9.97. The summed E-state index contributed by atoms with van der Waals surface area (Å²) >= 11 is 9.51. The first-order valence-electron chi connectivity index (χ1n) is 15.4. The minimum absolute atomic E-state index is 0.0204. The quantitative estimate of drug-likeness (QED) is 0.197. The summed E-state index contributed by atoms with van der Waals surface area (Å²) in [6.45, 7) is 3.15. The number of hydrogen-bond acceptors (Lipinski definition) is 5. The van der Waals surface area contributed by atoms with E-state index in [1.807, 2.05) is 35.2 Å². The predicted octanol–water partition coefficient (Wildman–Crippen LogP) is 7.29. The minimum Gasteiger partial charge on any atom is -0.451 e. The molecular formula is C36H35BrClN3O4. The molecule has 0 radical (unpaired) electrons. The van der Waals surface area contributed by atoms with Crippen molar-refractivity contribution in [3.63, 3.8) is 0 Å². The Morgan fingerprint density at radius 2 is 1.73 bits per heavy atom. The van der Waals surface area contributed by atoms with E-state index < -0.39 is 5.91 Å². The SMILES string of the molecule is O=C(N[C@@H](C=C1CCN(c2ccccc2CN2CCCCC2=O)CC1)Cc1ccc(Cl)cc1)c1cc(=O)c2cc(Br)ccc2o1. The molecule has 6 rings (SSSR count). The van der Waals surface area contributed by atoms with Crippen LogP contribution in [0.1, 0.15) is 53.8 Å². The highest BCUT2D eigenvalue weighted by atomic mass is 79.9. The highest BCUT2D eigenvalue weighted by Crippen LogP contribution is 2.29. The molecule has 0 spiro atoms. The van der Waals surface area contributed by atoms with Crippen molar-refractivity contribution < 1.29 is 14.0 Å². The lowest BCUT2D eigenvalue weighted by molar-refractivity contribution is -0.133. The summed E-state index contributed by atoms with van der Waals surface area (Å²) in [5, 5.41) is 4.17. The third-order valence-corrected chi connectivity index (χ3v) is 9.30. The summed E-state index contributed by atoms with van der Waals surface area (Å²) in [7, 11) is 0. The van der Waals surface area contributed by atoms with E-state index in [1.54, 1.807) is 18.2 Å². The van der Waals surface area contributed by atoms with Crippen molar-refractivity contribution in [2.45, 2.75) is 51.1 Å². The van der Waals surface area contributed by atoms with Gasteiger partial charge in [0.2, 0.25) is 5.91 Å². The summed E-state index contributed by atoms with van der Waals surface area (Å²) in [6.07, 6.45) is 7.09. The lowest BCUT2D eigenvalue weighted by Gasteiger charge is -2.34. The molecule has 3 aromatic carbocycles. The number of hydrogen-bond donors (Lipinski definition) is 1. The van der Waals surface area contributed by atoms with Crippen molar-refractivity contribution >= 4 is 56.0 Å². The Bertz CT molecular complexity index is 1790. The van der Waals surface area contributed by atoms with Gasteiger partial charge in [-0.1, -0.05) is 69.5 Å². The van der Waals surface area contributed by atoms with Crippen molar-refractivity contribution in [2.75, 3.05) is 24.5 Å². The van der Waals surface area contributed by atoms with Crippen LogP contribution in [0, 0.1) is 0 Å². The maximum absolute atomic E-state index is 13.4. The molecule has 1 atom stereocenters. The third kappa shape index (κ3) is 7.68. The number of piperidine rings is 2. The van der Waals surface area contributed by atoms with Gasteiger partial charge in [0.15, 0.2) is 11.2 Å². The molecule has 1 N–H and O–H groups in total. The predicted molar refractivity (Wildman–Crippen MR) is 182 cm³/mol. The summed E-state index contributed by atoms with van der Waals surface area (Å²) in [4.78, 5) is 43.1. The number of halogens is 2. The van der Waals surface area contributed by atoms with E-state index in [9.17, 15) is 14.4 Å². The Kier molecular flexibility index (Phi) is 9.71. The number of carbonyl (C=O) groups is 2. The third-order valence-electron chi connectivity index (χ3n) is 8.56. The number of para-hydroxylation sites is 1. The van der Waals surface area contributed by atoms with Crippen molar-refractivity contribution in [2.24, 2.45) is 0 Å². The van der Waals surface area contributed by atoms with Gasteiger partial charge in [-0.05, 0) is 79.6 Å². The molecule has 4 aromatic rings. The summed E-state index contributed by atoms with van der Waals surface area (Å²) in [5.74, 6) is -0.218. The van der Waals surface area contributed by atoms with Crippen LogP contribution < -0.4 is 15.6 Å². The van der Waals surface area contributed by atoms with Crippen LogP contribution in [0.15, 0.2) is 98.1 Å². The van der Waals surface area contributed by atoms with Crippen LogP contribution in [-0.2, 0) is 17.8 Å². The molecule has 232 valence electrons. The largest absolute Gasteiger partial charge is 0.451 e. The fourth-order valence-corrected chi connectivity index (χ4v) is 6.67.